The first-order chi connectivity index (χ1) is 32.7. The van der Waals surface area contributed by atoms with Gasteiger partial charge in [0.25, 0.3) is 0 Å². The fourth-order valence-electron chi connectivity index (χ4n) is 9.29. The van der Waals surface area contributed by atoms with Crippen molar-refractivity contribution in [2.75, 3.05) is 39.9 Å². The lowest BCUT2D eigenvalue weighted by atomic mass is 9.83. The van der Waals surface area contributed by atoms with Gasteiger partial charge in [-0.15, -0.1) is 0 Å². The van der Waals surface area contributed by atoms with Crippen LogP contribution in [0.4, 0.5) is 0 Å². The lowest BCUT2D eigenvalue weighted by molar-refractivity contribution is -0.314. The third kappa shape index (κ3) is 15.7. The molecule has 2 aliphatic carbocycles. The van der Waals surface area contributed by atoms with Gasteiger partial charge in [0.1, 0.15) is 72.4 Å². The van der Waals surface area contributed by atoms with Crippen LogP contribution >= 0.6 is 0 Å². The number of hydrogen-bond acceptors (Lipinski definition) is 28. The van der Waals surface area contributed by atoms with Crippen LogP contribution in [0.15, 0.2) is 11.8 Å². The molecule has 30 nitrogen and oxygen atoms in total. The van der Waals surface area contributed by atoms with E-state index in [0.29, 0.717) is 25.1 Å². The molecule has 70 heavy (non-hydrogen) atoms. The van der Waals surface area contributed by atoms with Crippen molar-refractivity contribution in [3.63, 3.8) is 0 Å². The molecule has 2 saturated carbocycles. The van der Waals surface area contributed by atoms with Crippen LogP contribution in [0, 0.1) is 0 Å². The minimum absolute atomic E-state index is 0.0483. The maximum atomic E-state index is 11.3. The second-order valence-electron chi connectivity index (χ2n) is 18.5. The van der Waals surface area contributed by atoms with E-state index >= 15 is 0 Å². The average molecular weight is 1040 g/mol. The molecule has 0 spiro atoms. The van der Waals surface area contributed by atoms with Gasteiger partial charge in [-0.2, -0.15) is 8.42 Å². The van der Waals surface area contributed by atoms with Crippen LogP contribution in [0.25, 0.3) is 0 Å². The predicted molar refractivity (Wildman–Crippen MR) is 242 cm³/mol. The van der Waals surface area contributed by atoms with Crippen LogP contribution < -0.4 is 56.5 Å². The largest absolute Gasteiger partial charge is 0.467 e. The summed E-state index contributed by atoms with van der Waals surface area (Å²) in [6, 6.07) is -5.22. The summed E-state index contributed by atoms with van der Waals surface area (Å²) in [6.07, 6.45) is -13.8. The molecule has 4 heterocycles. The van der Waals surface area contributed by atoms with Crippen LogP contribution in [0.3, 0.4) is 0 Å². The highest BCUT2D eigenvalue weighted by molar-refractivity contribution is 7.79. The predicted octanol–water partition coefficient (Wildman–Crippen LogP) is -10.1. The zero-order valence-electron chi connectivity index (χ0n) is 39.4. The van der Waals surface area contributed by atoms with Crippen molar-refractivity contribution < 1.29 is 96.3 Å². The van der Waals surface area contributed by atoms with Crippen molar-refractivity contribution in [1.82, 2.24) is 10.6 Å². The second kappa shape index (κ2) is 26.8. The summed E-state index contributed by atoms with van der Waals surface area (Å²) in [5.74, 6) is 0.572. The standard InChI is InChI=1S/C21H41N5O7.C18H37N5O9.H2O4S/c1-4-26-13-7-12(24)16(32-19-11(23)6-5-10(8-22)31-19)14(27)17(13)33-20-15(28)18(25-3)21(2,29)9-30-20;19-3-9-8(25)2-7(22)17(29-9)31-15-5(20)1-6(21)16(14(15)28)32-18-13(27)11(23)12(26)10(4-24)30-18;1-5(2,3)4/h5,11-20,25-29H,4,6-9,22-24H2,1-3H3;5-18,24-28H,1-4,19-23H2;(H2,1,2,3,4)/t11?,12-,13+,14-,15+,16+,17-,18+,19?,20+,21-;5-,6+,7+,8-,9+,10+,11-,12+,13+,14-,15+,16-,17+,18+;/m00./s1. The van der Waals surface area contributed by atoms with Crippen LogP contribution in [-0.2, 0) is 48.3 Å². The Labute approximate surface area is 406 Å². The molecular weight excluding hydrogens is 961 g/mol. The van der Waals surface area contributed by atoms with Gasteiger partial charge >= 0.3 is 10.4 Å². The molecule has 25 atom stereocenters. The lowest BCUT2D eigenvalue weighted by Gasteiger charge is -2.49. The minimum Gasteiger partial charge on any atom is -0.467 e. The molecule has 31 heteroatoms. The molecule has 0 aromatic carbocycles. The highest BCUT2D eigenvalue weighted by atomic mass is 32.3. The number of likely N-dealkylation sites (N-methyl/N-ethyl adjacent to an activating group) is 2. The van der Waals surface area contributed by atoms with E-state index in [4.69, 9.17) is 101 Å². The number of ether oxygens (including phenoxy) is 8. The minimum atomic E-state index is -4.67. The molecule has 2 unspecified atom stereocenters. The Balaban J connectivity index is 0.000000278. The Morgan fingerprint density at radius 3 is 1.79 bits per heavy atom. The summed E-state index contributed by atoms with van der Waals surface area (Å²) in [4.78, 5) is 0. The first-order valence-corrected chi connectivity index (χ1v) is 24.5. The third-order valence-corrected chi connectivity index (χ3v) is 13.1. The lowest BCUT2D eigenvalue weighted by Crippen LogP contribution is -2.69. The second-order valence-corrected chi connectivity index (χ2v) is 19.4. The van der Waals surface area contributed by atoms with Gasteiger partial charge in [-0.05, 0) is 52.3 Å². The zero-order chi connectivity index (χ0) is 52.6. The smallest absolute Gasteiger partial charge is 0.394 e. The molecule has 0 aromatic heterocycles. The SMILES string of the molecule is CCN[C@@H]1C[C@H](N)[C@@H](OC2OC(CN)=CCC2N)[C@H](O)[C@H]1O[C@H]1OC[C@](C)(O)[C@H](NC)[C@H]1O.NC[C@H]1O[C@H](O[C@H]2[C@H](O)[C@@H](O[C@H]3O[C@H](CO)[C@@H](O)[C@H](N)[C@H]3O)[C@H](N)C[C@@H]2N)[C@H](N)C[C@@H]1O.O=S(=O)(O)O. The summed E-state index contributed by atoms with van der Waals surface area (Å²) in [6.45, 7) is 3.80. The van der Waals surface area contributed by atoms with Gasteiger partial charge in [0, 0.05) is 30.7 Å². The normalized spacial score (nSPS) is 46.8. The highest BCUT2D eigenvalue weighted by Crippen LogP contribution is 2.33. The van der Waals surface area contributed by atoms with E-state index in [9.17, 15) is 40.9 Å². The quantitative estimate of drug-likeness (QED) is 0.0718. The molecule has 6 rings (SSSR count). The molecular formula is C39H80N10O20S. The topological polar surface area (TPSA) is 542 Å². The first-order valence-electron chi connectivity index (χ1n) is 23.1. The van der Waals surface area contributed by atoms with Gasteiger partial charge in [0.15, 0.2) is 18.9 Å². The van der Waals surface area contributed by atoms with E-state index in [2.05, 4.69) is 10.6 Å². The van der Waals surface area contributed by atoms with E-state index in [-0.39, 0.29) is 38.6 Å². The number of rotatable bonds is 14. The maximum absolute atomic E-state index is 11.3. The van der Waals surface area contributed by atoms with Gasteiger partial charge in [-0.1, -0.05) is 6.92 Å². The molecule has 4 aliphatic heterocycles. The highest BCUT2D eigenvalue weighted by Gasteiger charge is 2.53. The summed E-state index contributed by atoms with van der Waals surface area (Å²) in [5, 5.41) is 89.5. The number of aliphatic hydroxyl groups excluding tert-OH is 7. The summed E-state index contributed by atoms with van der Waals surface area (Å²) < 4.78 is 77.9. The van der Waals surface area contributed by atoms with Gasteiger partial charge in [0.05, 0.1) is 56.1 Å². The molecule has 3 saturated heterocycles. The van der Waals surface area contributed by atoms with Crippen LogP contribution in [-0.4, -0.2) is 251 Å². The van der Waals surface area contributed by atoms with Gasteiger partial charge in [-0.3, -0.25) is 9.11 Å². The molecule has 0 amide bonds. The van der Waals surface area contributed by atoms with E-state index < -0.39 is 163 Å². The average Bonchev–Trinajstić information content (AvgIpc) is 3.28. The maximum Gasteiger partial charge on any atom is 0.394 e. The number of aliphatic hydroxyl groups is 8. The van der Waals surface area contributed by atoms with Crippen molar-refractivity contribution in [3.8, 4) is 0 Å². The molecule has 0 aromatic rings. The Morgan fingerprint density at radius 2 is 1.24 bits per heavy atom. The van der Waals surface area contributed by atoms with Gasteiger partial charge in [0.2, 0.25) is 6.29 Å². The van der Waals surface area contributed by atoms with E-state index in [1.165, 1.54) is 0 Å². The van der Waals surface area contributed by atoms with E-state index in [1.807, 2.05) is 13.0 Å². The van der Waals surface area contributed by atoms with E-state index in [1.54, 1.807) is 14.0 Å². The first kappa shape index (κ1) is 61.0. The summed E-state index contributed by atoms with van der Waals surface area (Å²) in [5.41, 5.74) is 46.7. The Bertz CT molecular complexity index is 1710. The molecule has 0 bridgehead atoms. The molecule has 0 radical (unpaired) electrons. The molecule has 28 N–H and O–H groups in total. The van der Waals surface area contributed by atoms with Crippen LogP contribution in [0.1, 0.15) is 39.5 Å². The van der Waals surface area contributed by atoms with Crippen molar-refractivity contribution in [1.29, 1.82) is 0 Å². The van der Waals surface area contributed by atoms with Crippen LogP contribution in [0.5, 0.6) is 0 Å². The number of hydrogen-bond donors (Lipinski definition) is 20. The van der Waals surface area contributed by atoms with Crippen molar-refractivity contribution in [3.05, 3.63) is 11.8 Å². The summed E-state index contributed by atoms with van der Waals surface area (Å²) >= 11 is 0. The van der Waals surface area contributed by atoms with Crippen molar-refractivity contribution >= 4 is 10.4 Å². The molecule has 6 aliphatic rings. The molecule has 5 fully saturated rings. The number of nitrogens with one attached hydrogen (secondary N) is 2. The summed E-state index contributed by atoms with van der Waals surface area (Å²) in [7, 11) is -3.03. The van der Waals surface area contributed by atoms with Crippen molar-refractivity contribution in [2.45, 2.75) is 192 Å². The number of nitrogens with two attached hydrogens (primary N) is 8. The fraction of sp³-hybridized carbons (Fsp3) is 0.949. The molecule has 412 valence electrons. The Kier molecular flexibility index (Phi) is 23.3. The van der Waals surface area contributed by atoms with Gasteiger partial charge < -0.3 is 135 Å². The Hall–Kier alpha value is -1.59. The monoisotopic (exact) mass is 1040 g/mol. The fourth-order valence-corrected chi connectivity index (χ4v) is 9.29. The third-order valence-electron chi connectivity index (χ3n) is 13.1. The van der Waals surface area contributed by atoms with Gasteiger partial charge in [-0.25, -0.2) is 0 Å². The zero-order valence-corrected chi connectivity index (χ0v) is 40.2. The Morgan fingerprint density at radius 1 is 0.714 bits per heavy atom. The van der Waals surface area contributed by atoms with Crippen molar-refractivity contribution in [2.24, 2.45) is 45.9 Å². The van der Waals surface area contributed by atoms with Crippen LogP contribution in [0.2, 0.25) is 0 Å². The van der Waals surface area contributed by atoms with E-state index in [0.717, 1.165) is 0 Å².